The summed E-state index contributed by atoms with van der Waals surface area (Å²) in [4.78, 5) is 2.48. The molecule has 0 amide bonds. The number of nitrogens with two attached hydrogens (primary N) is 2. The quantitative estimate of drug-likeness (QED) is 0.698. The second-order valence-corrected chi connectivity index (χ2v) is 4.95. The van der Waals surface area contributed by atoms with Crippen LogP contribution in [0.5, 0.6) is 0 Å². The van der Waals surface area contributed by atoms with Crippen LogP contribution in [0.2, 0.25) is 0 Å². The van der Waals surface area contributed by atoms with Crippen LogP contribution >= 0.6 is 0 Å². The predicted octanol–water partition coefficient (Wildman–Crippen LogP) is 0.623. The molecule has 2 unspecified atom stereocenters. The summed E-state index contributed by atoms with van der Waals surface area (Å²) in [6.45, 7) is 5.46. The van der Waals surface area contributed by atoms with Crippen LogP contribution in [0.15, 0.2) is 23.8 Å². The molecule has 0 radical (unpaired) electrons. The Morgan fingerprint density at radius 3 is 2.73 bits per heavy atom. The molecular formula is C12H21N3. The molecule has 0 spiro atoms. The van der Waals surface area contributed by atoms with Gasteiger partial charge in [-0.2, -0.15) is 0 Å². The van der Waals surface area contributed by atoms with Gasteiger partial charge in [-0.25, -0.2) is 0 Å². The minimum atomic E-state index is -0.385. The van der Waals surface area contributed by atoms with E-state index in [0.717, 1.165) is 6.54 Å². The van der Waals surface area contributed by atoms with Crippen LogP contribution in [-0.4, -0.2) is 36.1 Å². The van der Waals surface area contributed by atoms with Gasteiger partial charge >= 0.3 is 0 Å². The average Bonchev–Trinajstić information content (AvgIpc) is 2.63. The van der Waals surface area contributed by atoms with Gasteiger partial charge < -0.3 is 11.5 Å². The van der Waals surface area contributed by atoms with Gasteiger partial charge in [0.2, 0.25) is 0 Å². The third-order valence-corrected chi connectivity index (χ3v) is 3.34. The zero-order valence-electron chi connectivity index (χ0n) is 9.45. The minimum Gasteiger partial charge on any atom is -0.323 e. The number of nitrogens with zero attached hydrogens (tertiary/aromatic N) is 1. The Kier molecular flexibility index (Phi) is 2.96. The maximum Gasteiger partial charge on any atom is 0.0506 e. The zero-order valence-corrected chi connectivity index (χ0v) is 9.45. The highest BCUT2D eigenvalue weighted by Crippen LogP contribution is 2.19. The third-order valence-electron chi connectivity index (χ3n) is 3.34. The van der Waals surface area contributed by atoms with Gasteiger partial charge in [-0.1, -0.05) is 18.2 Å². The molecule has 1 saturated heterocycles. The van der Waals surface area contributed by atoms with E-state index in [2.05, 4.69) is 17.1 Å². The first-order valence-electron chi connectivity index (χ1n) is 5.75. The van der Waals surface area contributed by atoms with Crippen LogP contribution in [0.1, 0.15) is 19.8 Å². The molecule has 0 saturated carbocycles. The molecule has 84 valence electrons. The van der Waals surface area contributed by atoms with Crippen molar-refractivity contribution in [1.82, 2.24) is 4.90 Å². The fourth-order valence-electron chi connectivity index (χ4n) is 2.28. The zero-order chi connectivity index (χ0) is 10.9. The molecule has 2 aliphatic rings. The van der Waals surface area contributed by atoms with Crippen LogP contribution in [0.25, 0.3) is 0 Å². The topological polar surface area (TPSA) is 55.3 Å². The molecular weight excluding hydrogens is 186 g/mol. The molecule has 0 aromatic carbocycles. The van der Waals surface area contributed by atoms with Gasteiger partial charge in [-0.3, -0.25) is 4.90 Å². The first kappa shape index (κ1) is 10.9. The Bertz CT molecular complexity index is 285. The summed E-state index contributed by atoms with van der Waals surface area (Å²) in [6.07, 6.45) is 8.92. The lowest BCUT2D eigenvalue weighted by Crippen LogP contribution is -2.52. The van der Waals surface area contributed by atoms with Crippen LogP contribution in [0.4, 0.5) is 0 Å². The van der Waals surface area contributed by atoms with Crippen LogP contribution in [0, 0.1) is 0 Å². The van der Waals surface area contributed by atoms with Gasteiger partial charge in [-0.15, -0.1) is 0 Å². The lowest BCUT2D eigenvalue weighted by atomic mass is 9.87. The Morgan fingerprint density at radius 1 is 1.47 bits per heavy atom. The summed E-state index contributed by atoms with van der Waals surface area (Å²) in [7, 11) is 0. The fourth-order valence-corrected chi connectivity index (χ4v) is 2.28. The highest BCUT2D eigenvalue weighted by Gasteiger charge is 2.26. The Balaban J connectivity index is 2.00. The number of hydrogen-bond acceptors (Lipinski definition) is 3. The molecule has 0 aromatic heterocycles. The molecule has 1 aliphatic carbocycles. The molecule has 0 aromatic rings. The van der Waals surface area contributed by atoms with Gasteiger partial charge in [0.1, 0.15) is 0 Å². The van der Waals surface area contributed by atoms with Crippen molar-refractivity contribution in [3.05, 3.63) is 23.8 Å². The van der Waals surface area contributed by atoms with E-state index in [1.807, 2.05) is 13.0 Å². The fraction of sp³-hybridized carbons (Fsp3) is 0.667. The SMILES string of the molecule is CC1(N)C=C(CN2CCCC2)C=CC1N. The summed E-state index contributed by atoms with van der Waals surface area (Å²) in [5.41, 5.74) is 13.0. The highest BCUT2D eigenvalue weighted by atomic mass is 15.1. The average molecular weight is 207 g/mol. The molecule has 3 heteroatoms. The van der Waals surface area contributed by atoms with Gasteiger partial charge in [0, 0.05) is 12.6 Å². The molecule has 2 rings (SSSR count). The molecule has 15 heavy (non-hydrogen) atoms. The summed E-state index contributed by atoms with van der Waals surface area (Å²) >= 11 is 0. The maximum atomic E-state index is 6.11. The smallest absolute Gasteiger partial charge is 0.0506 e. The van der Waals surface area contributed by atoms with E-state index < -0.39 is 0 Å². The molecule has 1 fully saturated rings. The third kappa shape index (κ3) is 2.48. The molecule has 2 atom stereocenters. The molecule has 4 N–H and O–H groups in total. The summed E-state index contributed by atoms with van der Waals surface area (Å²) in [5.74, 6) is 0. The number of likely N-dealkylation sites (tertiary alicyclic amines) is 1. The van der Waals surface area contributed by atoms with Crippen molar-refractivity contribution in [1.29, 1.82) is 0 Å². The van der Waals surface area contributed by atoms with E-state index in [4.69, 9.17) is 11.5 Å². The van der Waals surface area contributed by atoms with Gasteiger partial charge in [0.15, 0.2) is 0 Å². The maximum absolute atomic E-state index is 6.11. The first-order chi connectivity index (χ1) is 7.08. The van der Waals surface area contributed by atoms with Gasteiger partial charge in [0.25, 0.3) is 0 Å². The van der Waals surface area contributed by atoms with Crippen LogP contribution in [0.3, 0.4) is 0 Å². The van der Waals surface area contributed by atoms with Crippen molar-refractivity contribution in [3.8, 4) is 0 Å². The Hall–Kier alpha value is -0.640. The molecule has 1 aliphatic heterocycles. The van der Waals surface area contributed by atoms with Crippen LogP contribution < -0.4 is 11.5 Å². The number of rotatable bonds is 2. The highest BCUT2D eigenvalue weighted by molar-refractivity contribution is 5.34. The van der Waals surface area contributed by atoms with E-state index in [9.17, 15) is 0 Å². The molecule has 1 heterocycles. The lowest BCUT2D eigenvalue weighted by molar-refractivity contribution is 0.367. The Morgan fingerprint density at radius 2 is 2.13 bits per heavy atom. The summed E-state index contributed by atoms with van der Waals surface area (Å²) in [6, 6.07) is -0.0557. The van der Waals surface area contributed by atoms with Crippen molar-refractivity contribution >= 4 is 0 Å². The second kappa shape index (κ2) is 4.08. The van der Waals surface area contributed by atoms with E-state index in [0.29, 0.717) is 0 Å². The number of hydrogen-bond donors (Lipinski definition) is 2. The van der Waals surface area contributed by atoms with E-state index in [-0.39, 0.29) is 11.6 Å². The second-order valence-electron chi connectivity index (χ2n) is 4.95. The van der Waals surface area contributed by atoms with Crippen LogP contribution in [-0.2, 0) is 0 Å². The largest absolute Gasteiger partial charge is 0.323 e. The van der Waals surface area contributed by atoms with E-state index >= 15 is 0 Å². The van der Waals surface area contributed by atoms with Gasteiger partial charge in [-0.05, 0) is 38.4 Å². The van der Waals surface area contributed by atoms with Crippen molar-refractivity contribution in [2.45, 2.75) is 31.3 Å². The monoisotopic (exact) mass is 207 g/mol. The van der Waals surface area contributed by atoms with E-state index in [1.165, 1.54) is 31.5 Å². The minimum absolute atomic E-state index is 0.0557. The summed E-state index contributed by atoms with van der Waals surface area (Å²) < 4.78 is 0. The predicted molar refractivity (Wildman–Crippen MR) is 63.5 cm³/mol. The Labute approximate surface area is 91.8 Å². The normalized spacial score (nSPS) is 37.0. The van der Waals surface area contributed by atoms with Gasteiger partial charge in [0.05, 0.1) is 5.54 Å². The van der Waals surface area contributed by atoms with Crippen molar-refractivity contribution in [3.63, 3.8) is 0 Å². The van der Waals surface area contributed by atoms with Crippen molar-refractivity contribution in [2.24, 2.45) is 11.5 Å². The lowest BCUT2D eigenvalue weighted by Gasteiger charge is -2.31. The molecule has 3 nitrogen and oxygen atoms in total. The van der Waals surface area contributed by atoms with E-state index in [1.54, 1.807) is 0 Å². The summed E-state index contributed by atoms with van der Waals surface area (Å²) in [5, 5.41) is 0. The van der Waals surface area contributed by atoms with Crippen molar-refractivity contribution in [2.75, 3.05) is 19.6 Å². The molecule has 0 bridgehead atoms. The standard InChI is InChI=1S/C12H21N3/c1-12(14)8-10(4-5-11(12)13)9-15-6-2-3-7-15/h4-5,8,11H,2-3,6-7,9,13-14H2,1H3. The van der Waals surface area contributed by atoms with Crippen molar-refractivity contribution < 1.29 is 0 Å². The first-order valence-corrected chi connectivity index (χ1v) is 5.75.